The molecule has 0 radical (unpaired) electrons. The Morgan fingerprint density at radius 3 is 2.79 bits per heavy atom. The first-order valence-corrected chi connectivity index (χ1v) is 7.47. The molecule has 106 valence electrons. The molecule has 1 saturated carbocycles. The molecule has 9 heteroatoms. The zero-order chi connectivity index (χ0) is 14.0. The quantitative estimate of drug-likeness (QED) is 0.765. The number of esters is 1. The summed E-state index contributed by atoms with van der Waals surface area (Å²) in [5.41, 5.74) is 0. The average molecular weight is 288 g/mol. The second kappa shape index (κ2) is 5.16. The lowest BCUT2D eigenvalue weighted by molar-refractivity contribution is -0.145. The van der Waals surface area contributed by atoms with Crippen LogP contribution < -0.4 is 4.72 Å². The summed E-state index contributed by atoms with van der Waals surface area (Å²) in [5, 5.41) is 5.47. The van der Waals surface area contributed by atoms with Crippen LogP contribution in [0.25, 0.3) is 0 Å². The Kier molecular flexibility index (Phi) is 3.74. The second-order valence-corrected chi connectivity index (χ2v) is 6.39. The van der Waals surface area contributed by atoms with Crippen LogP contribution in [0.5, 0.6) is 0 Å². The highest BCUT2D eigenvalue weighted by molar-refractivity contribution is 7.93. The maximum absolute atomic E-state index is 12.2. The van der Waals surface area contributed by atoms with Crippen molar-refractivity contribution >= 4 is 21.9 Å². The van der Waals surface area contributed by atoms with Crippen LogP contribution in [0.1, 0.15) is 25.1 Å². The number of aryl methyl sites for hydroxylation is 1. The van der Waals surface area contributed by atoms with Gasteiger partial charge >= 0.3 is 5.97 Å². The molecule has 1 aliphatic carbocycles. The number of methoxy groups -OCH3 is 1. The number of sulfonamides is 1. The highest BCUT2D eigenvalue weighted by Gasteiger charge is 2.42. The van der Waals surface area contributed by atoms with E-state index < -0.39 is 27.2 Å². The van der Waals surface area contributed by atoms with Crippen LogP contribution in [0, 0.1) is 12.8 Å². The van der Waals surface area contributed by atoms with Crippen LogP contribution in [0.3, 0.4) is 0 Å². The number of nitrogens with zero attached hydrogens (tertiary/aromatic N) is 2. The standard InChI is InChI=1S/C10H16N4O4S/c1-6-11-10(13-12-6)14-19(16,17)8-5-3-4-7(8)9(15)18-2/h7-8H,3-5H2,1-2H3,(H2,11,12,13,14). The highest BCUT2D eigenvalue weighted by Crippen LogP contribution is 2.32. The van der Waals surface area contributed by atoms with Crippen molar-refractivity contribution in [2.45, 2.75) is 31.4 Å². The van der Waals surface area contributed by atoms with Gasteiger partial charge in [0, 0.05) is 0 Å². The van der Waals surface area contributed by atoms with Gasteiger partial charge in [0.1, 0.15) is 5.82 Å². The number of anilines is 1. The number of H-pyrrole nitrogens is 1. The predicted molar refractivity (Wildman–Crippen MR) is 66.8 cm³/mol. The van der Waals surface area contributed by atoms with Crippen molar-refractivity contribution in [3.8, 4) is 0 Å². The summed E-state index contributed by atoms with van der Waals surface area (Å²) in [6.45, 7) is 1.66. The van der Waals surface area contributed by atoms with E-state index in [9.17, 15) is 13.2 Å². The first kappa shape index (κ1) is 13.8. The van der Waals surface area contributed by atoms with Crippen molar-refractivity contribution in [3.05, 3.63) is 5.82 Å². The summed E-state index contributed by atoms with van der Waals surface area (Å²) in [5.74, 6) is -0.608. The summed E-state index contributed by atoms with van der Waals surface area (Å²) in [6.07, 6.45) is 1.63. The monoisotopic (exact) mass is 288 g/mol. The SMILES string of the molecule is COC(=O)C1CCCC1S(=O)(=O)Nc1n[nH]c(C)n1. The maximum atomic E-state index is 12.2. The average Bonchev–Trinajstić information content (AvgIpc) is 2.97. The minimum atomic E-state index is -3.70. The second-order valence-electron chi connectivity index (χ2n) is 4.49. The van der Waals surface area contributed by atoms with E-state index in [4.69, 9.17) is 0 Å². The molecule has 1 heterocycles. The number of carbonyl (C=O) groups is 1. The lowest BCUT2D eigenvalue weighted by Crippen LogP contribution is -2.35. The van der Waals surface area contributed by atoms with Crippen molar-refractivity contribution in [2.24, 2.45) is 5.92 Å². The molecule has 1 aromatic rings. The predicted octanol–water partition coefficient (Wildman–Crippen LogP) is 0.197. The molecule has 1 fully saturated rings. The Morgan fingerprint density at radius 1 is 1.47 bits per heavy atom. The molecule has 1 aromatic heterocycles. The van der Waals surface area contributed by atoms with Crippen molar-refractivity contribution < 1.29 is 17.9 Å². The van der Waals surface area contributed by atoms with Gasteiger partial charge in [-0.3, -0.25) is 9.89 Å². The van der Waals surface area contributed by atoms with Crippen molar-refractivity contribution in [1.29, 1.82) is 0 Å². The lowest BCUT2D eigenvalue weighted by Gasteiger charge is -2.17. The third kappa shape index (κ3) is 2.86. The van der Waals surface area contributed by atoms with E-state index in [1.807, 2.05) is 0 Å². The molecule has 0 aromatic carbocycles. The molecular weight excluding hydrogens is 272 g/mol. The van der Waals surface area contributed by atoms with Gasteiger partial charge in [-0.15, -0.1) is 5.10 Å². The van der Waals surface area contributed by atoms with Crippen LogP contribution in [0.15, 0.2) is 0 Å². The summed E-state index contributed by atoms with van der Waals surface area (Å²) >= 11 is 0. The van der Waals surface area contributed by atoms with Gasteiger partial charge < -0.3 is 4.74 Å². The van der Waals surface area contributed by atoms with Gasteiger partial charge in [0.15, 0.2) is 0 Å². The largest absolute Gasteiger partial charge is 0.469 e. The van der Waals surface area contributed by atoms with E-state index in [0.717, 1.165) is 0 Å². The molecule has 2 N–H and O–H groups in total. The highest BCUT2D eigenvalue weighted by atomic mass is 32.2. The zero-order valence-corrected chi connectivity index (χ0v) is 11.5. The molecular formula is C10H16N4O4S. The Morgan fingerprint density at radius 2 is 2.21 bits per heavy atom. The number of aromatic nitrogens is 3. The third-order valence-electron chi connectivity index (χ3n) is 3.19. The van der Waals surface area contributed by atoms with E-state index in [0.29, 0.717) is 25.1 Å². The Bertz CT molecular complexity index is 568. The first-order valence-electron chi connectivity index (χ1n) is 5.92. The van der Waals surface area contributed by atoms with Gasteiger partial charge in [-0.2, -0.15) is 4.98 Å². The van der Waals surface area contributed by atoms with Crippen LogP contribution >= 0.6 is 0 Å². The van der Waals surface area contributed by atoms with E-state index in [2.05, 4.69) is 24.6 Å². The molecule has 0 aliphatic heterocycles. The number of aromatic amines is 1. The van der Waals surface area contributed by atoms with Gasteiger partial charge in [-0.1, -0.05) is 6.42 Å². The summed E-state index contributed by atoms with van der Waals surface area (Å²) < 4.78 is 31.4. The number of hydrogen-bond acceptors (Lipinski definition) is 6. The molecule has 2 atom stereocenters. The molecule has 19 heavy (non-hydrogen) atoms. The fourth-order valence-electron chi connectivity index (χ4n) is 2.31. The Hall–Kier alpha value is -1.64. The fraction of sp³-hybridized carbons (Fsp3) is 0.700. The van der Waals surface area contributed by atoms with E-state index in [1.165, 1.54) is 7.11 Å². The molecule has 1 aliphatic rings. The minimum absolute atomic E-state index is 0.00647. The lowest BCUT2D eigenvalue weighted by atomic mass is 10.1. The fourth-order valence-corrected chi connectivity index (χ4v) is 3.96. The molecule has 0 saturated heterocycles. The normalized spacial score (nSPS) is 23.3. The van der Waals surface area contributed by atoms with Gasteiger partial charge in [0.25, 0.3) is 5.95 Å². The van der Waals surface area contributed by atoms with Gasteiger partial charge in [-0.05, 0) is 19.8 Å². The molecule has 2 unspecified atom stereocenters. The number of hydrogen-bond donors (Lipinski definition) is 2. The minimum Gasteiger partial charge on any atom is -0.469 e. The molecule has 0 amide bonds. The zero-order valence-electron chi connectivity index (χ0n) is 10.7. The van der Waals surface area contributed by atoms with Crippen molar-refractivity contribution in [3.63, 3.8) is 0 Å². The topological polar surface area (TPSA) is 114 Å². The van der Waals surface area contributed by atoms with Crippen molar-refractivity contribution in [1.82, 2.24) is 15.2 Å². The van der Waals surface area contributed by atoms with Crippen LogP contribution in [0.4, 0.5) is 5.95 Å². The summed E-state index contributed by atoms with van der Waals surface area (Å²) in [4.78, 5) is 15.5. The Labute approximate surface area is 111 Å². The van der Waals surface area contributed by atoms with Crippen LogP contribution in [-0.4, -0.2) is 41.9 Å². The van der Waals surface area contributed by atoms with E-state index in [1.54, 1.807) is 6.92 Å². The first-order chi connectivity index (χ1) is 8.94. The molecule has 2 rings (SSSR count). The van der Waals surface area contributed by atoms with Crippen molar-refractivity contribution in [2.75, 3.05) is 11.8 Å². The van der Waals surface area contributed by atoms with E-state index >= 15 is 0 Å². The maximum Gasteiger partial charge on any atom is 0.310 e. The number of rotatable bonds is 4. The van der Waals surface area contributed by atoms with Crippen LogP contribution in [0.2, 0.25) is 0 Å². The number of carbonyl (C=O) groups excluding carboxylic acids is 1. The smallest absolute Gasteiger partial charge is 0.310 e. The third-order valence-corrected chi connectivity index (χ3v) is 5.01. The Balaban J connectivity index is 2.17. The molecule has 0 spiro atoms. The van der Waals surface area contributed by atoms with E-state index in [-0.39, 0.29) is 5.95 Å². The number of nitrogens with one attached hydrogen (secondary N) is 2. The summed E-state index contributed by atoms with van der Waals surface area (Å²) in [7, 11) is -2.44. The van der Waals surface area contributed by atoms with Crippen LogP contribution in [-0.2, 0) is 19.6 Å². The number of ether oxygens (including phenoxy) is 1. The molecule has 8 nitrogen and oxygen atoms in total. The van der Waals surface area contributed by atoms with Gasteiger partial charge in [0.2, 0.25) is 10.0 Å². The molecule has 0 bridgehead atoms. The summed E-state index contributed by atoms with van der Waals surface area (Å²) in [6, 6.07) is 0. The van der Waals surface area contributed by atoms with Gasteiger partial charge in [-0.25, -0.2) is 13.1 Å². The van der Waals surface area contributed by atoms with Gasteiger partial charge in [0.05, 0.1) is 18.3 Å².